The van der Waals surface area contributed by atoms with Crippen molar-refractivity contribution in [3.63, 3.8) is 0 Å². The van der Waals surface area contributed by atoms with Crippen molar-refractivity contribution < 1.29 is 9.47 Å². The number of ether oxygens (including phenoxy) is 2. The van der Waals surface area contributed by atoms with E-state index >= 15 is 0 Å². The number of methoxy groups -OCH3 is 2. The minimum absolute atomic E-state index is 0.203. The van der Waals surface area contributed by atoms with Crippen LogP contribution >= 0.6 is 11.6 Å². The summed E-state index contributed by atoms with van der Waals surface area (Å²) in [7, 11) is 3.42. The number of rotatable bonds is 4. The summed E-state index contributed by atoms with van der Waals surface area (Å²) in [5.74, 6) is 0. The first-order valence-electron chi connectivity index (χ1n) is 6.17. The number of anilines is 1. The minimum Gasteiger partial charge on any atom is -0.383 e. The van der Waals surface area contributed by atoms with E-state index in [1.807, 2.05) is 12.1 Å². The second-order valence-corrected chi connectivity index (χ2v) is 5.04. The van der Waals surface area contributed by atoms with Crippen LogP contribution in [0.5, 0.6) is 0 Å². The Morgan fingerprint density at radius 1 is 1.47 bits per heavy atom. The molecule has 2 atom stereocenters. The van der Waals surface area contributed by atoms with Crippen LogP contribution in [0.4, 0.5) is 5.69 Å². The largest absolute Gasteiger partial charge is 0.383 e. The van der Waals surface area contributed by atoms with Gasteiger partial charge in [-0.3, -0.25) is 0 Å². The Morgan fingerprint density at radius 2 is 2.26 bits per heavy atom. The molecule has 19 heavy (non-hydrogen) atoms. The lowest BCUT2D eigenvalue weighted by molar-refractivity contribution is 0.111. The summed E-state index contributed by atoms with van der Waals surface area (Å²) in [5.41, 5.74) is 1.50. The summed E-state index contributed by atoms with van der Waals surface area (Å²) in [6, 6.07) is 7.85. The standard InChI is InChI=1S/C14H17ClN2O2/c1-18-9-12-5-13(19-2)8-17(12)11-4-3-10(7-16)14(15)6-11/h3-4,6,12-13H,5,8-9H2,1-2H3/t12-,13-/m0/s1. The average molecular weight is 281 g/mol. The Kier molecular flexibility index (Phi) is 4.65. The van der Waals surface area contributed by atoms with Crippen LogP contribution in [0.15, 0.2) is 18.2 Å². The van der Waals surface area contributed by atoms with Crippen molar-refractivity contribution in [1.29, 1.82) is 5.26 Å². The van der Waals surface area contributed by atoms with E-state index in [4.69, 9.17) is 26.3 Å². The van der Waals surface area contributed by atoms with E-state index in [2.05, 4.69) is 11.0 Å². The first-order chi connectivity index (χ1) is 9.19. The molecule has 1 fully saturated rings. The van der Waals surface area contributed by atoms with Gasteiger partial charge in [0.15, 0.2) is 0 Å². The quantitative estimate of drug-likeness (QED) is 0.850. The SMILES string of the molecule is COC[C@@H]1C[C@H](OC)CN1c1ccc(C#N)c(Cl)c1. The fourth-order valence-electron chi connectivity index (χ4n) is 2.48. The summed E-state index contributed by atoms with van der Waals surface area (Å²) in [4.78, 5) is 2.23. The van der Waals surface area contributed by atoms with Crippen LogP contribution in [0, 0.1) is 11.3 Å². The molecular formula is C14H17ClN2O2. The molecule has 0 aliphatic carbocycles. The monoisotopic (exact) mass is 280 g/mol. The summed E-state index contributed by atoms with van der Waals surface area (Å²) in [6.45, 7) is 1.46. The van der Waals surface area contributed by atoms with E-state index in [9.17, 15) is 0 Å². The summed E-state index contributed by atoms with van der Waals surface area (Å²) in [5, 5.41) is 9.39. The zero-order chi connectivity index (χ0) is 13.8. The van der Waals surface area contributed by atoms with Gasteiger partial charge < -0.3 is 14.4 Å². The molecule has 1 saturated heterocycles. The van der Waals surface area contributed by atoms with Crippen LogP contribution in [0.25, 0.3) is 0 Å². The van der Waals surface area contributed by atoms with Gasteiger partial charge in [-0.05, 0) is 24.6 Å². The predicted octanol–water partition coefficient (Wildman–Crippen LogP) is 2.45. The highest BCUT2D eigenvalue weighted by Crippen LogP contribution is 2.30. The first-order valence-corrected chi connectivity index (χ1v) is 6.55. The Bertz CT molecular complexity index is 487. The molecule has 0 spiro atoms. The van der Waals surface area contributed by atoms with E-state index in [0.29, 0.717) is 17.2 Å². The molecule has 1 heterocycles. The predicted molar refractivity (Wildman–Crippen MR) is 74.6 cm³/mol. The van der Waals surface area contributed by atoms with Gasteiger partial charge >= 0.3 is 0 Å². The van der Waals surface area contributed by atoms with Gasteiger partial charge in [-0.1, -0.05) is 11.6 Å². The lowest BCUT2D eigenvalue weighted by Gasteiger charge is -2.26. The molecule has 1 aliphatic heterocycles. The minimum atomic E-state index is 0.203. The third-order valence-electron chi connectivity index (χ3n) is 3.47. The smallest absolute Gasteiger partial charge is 0.101 e. The van der Waals surface area contributed by atoms with Gasteiger partial charge in [-0.25, -0.2) is 0 Å². The average Bonchev–Trinajstić information content (AvgIpc) is 2.82. The molecule has 1 aliphatic rings. The second-order valence-electron chi connectivity index (χ2n) is 4.63. The molecule has 2 rings (SSSR count). The third-order valence-corrected chi connectivity index (χ3v) is 3.79. The number of hydrogen-bond donors (Lipinski definition) is 0. The number of halogens is 1. The summed E-state index contributed by atoms with van der Waals surface area (Å²) >= 11 is 6.09. The van der Waals surface area contributed by atoms with Gasteiger partial charge in [0.05, 0.1) is 29.3 Å². The van der Waals surface area contributed by atoms with E-state index < -0.39 is 0 Å². The molecule has 0 aromatic heterocycles. The van der Waals surface area contributed by atoms with Crippen molar-refractivity contribution in [3.8, 4) is 6.07 Å². The van der Waals surface area contributed by atoms with Crippen LogP contribution in [0.1, 0.15) is 12.0 Å². The van der Waals surface area contributed by atoms with Crippen LogP contribution in [0.3, 0.4) is 0 Å². The second kappa shape index (κ2) is 6.25. The lowest BCUT2D eigenvalue weighted by Crippen LogP contribution is -2.33. The highest BCUT2D eigenvalue weighted by molar-refractivity contribution is 6.32. The molecule has 1 aromatic carbocycles. The van der Waals surface area contributed by atoms with Gasteiger partial charge in [0.2, 0.25) is 0 Å². The summed E-state index contributed by atoms with van der Waals surface area (Å²) < 4.78 is 10.7. The Labute approximate surface area is 118 Å². The number of benzene rings is 1. The van der Waals surface area contributed by atoms with Gasteiger partial charge in [0.25, 0.3) is 0 Å². The van der Waals surface area contributed by atoms with Crippen molar-refractivity contribution in [3.05, 3.63) is 28.8 Å². The van der Waals surface area contributed by atoms with Crippen molar-refractivity contribution in [2.45, 2.75) is 18.6 Å². The van der Waals surface area contributed by atoms with E-state index in [0.717, 1.165) is 18.7 Å². The Hall–Kier alpha value is -1.28. The molecule has 0 unspecified atom stereocenters. The van der Waals surface area contributed by atoms with Gasteiger partial charge in [-0.15, -0.1) is 0 Å². The number of nitrogens with zero attached hydrogens (tertiary/aromatic N) is 2. The normalized spacial score (nSPS) is 22.5. The molecule has 5 heteroatoms. The number of nitriles is 1. The third kappa shape index (κ3) is 3.01. The number of hydrogen-bond acceptors (Lipinski definition) is 4. The summed E-state index contributed by atoms with van der Waals surface area (Å²) in [6.07, 6.45) is 1.14. The zero-order valence-corrected chi connectivity index (χ0v) is 11.9. The first kappa shape index (κ1) is 14.1. The van der Waals surface area contributed by atoms with E-state index in [-0.39, 0.29) is 12.1 Å². The lowest BCUT2D eigenvalue weighted by atomic mass is 10.2. The van der Waals surface area contributed by atoms with Crippen molar-refractivity contribution >= 4 is 17.3 Å². The van der Waals surface area contributed by atoms with E-state index in [1.165, 1.54) is 0 Å². The maximum absolute atomic E-state index is 8.90. The molecule has 102 valence electrons. The molecule has 0 saturated carbocycles. The molecule has 0 N–H and O–H groups in total. The Morgan fingerprint density at radius 3 is 2.84 bits per heavy atom. The van der Waals surface area contributed by atoms with Gasteiger partial charge in [0, 0.05) is 26.5 Å². The Balaban J connectivity index is 2.24. The molecule has 4 nitrogen and oxygen atoms in total. The molecule has 0 amide bonds. The van der Waals surface area contributed by atoms with Crippen LogP contribution < -0.4 is 4.90 Å². The van der Waals surface area contributed by atoms with Crippen molar-refractivity contribution in [2.75, 3.05) is 32.3 Å². The maximum atomic E-state index is 8.90. The highest BCUT2D eigenvalue weighted by atomic mass is 35.5. The topological polar surface area (TPSA) is 45.5 Å². The maximum Gasteiger partial charge on any atom is 0.101 e. The zero-order valence-electron chi connectivity index (χ0n) is 11.1. The van der Waals surface area contributed by atoms with E-state index in [1.54, 1.807) is 20.3 Å². The molecular weight excluding hydrogens is 264 g/mol. The van der Waals surface area contributed by atoms with Crippen LogP contribution in [-0.2, 0) is 9.47 Å². The van der Waals surface area contributed by atoms with Crippen LogP contribution in [0.2, 0.25) is 5.02 Å². The highest BCUT2D eigenvalue weighted by Gasteiger charge is 2.32. The fraction of sp³-hybridized carbons (Fsp3) is 0.500. The van der Waals surface area contributed by atoms with Gasteiger partial charge in [-0.2, -0.15) is 5.26 Å². The fourth-order valence-corrected chi connectivity index (χ4v) is 2.70. The molecule has 1 aromatic rings. The molecule has 0 radical (unpaired) electrons. The molecule has 0 bridgehead atoms. The van der Waals surface area contributed by atoms with Crippen molar-refractivity contribution in [1.82, 2.24) is 0 Å². The van der Waals surface area contributed by atoms with Crippen LogP contribution in [-0.4, -0.2) is 39.5 Å². The van der Waals surface area contributed by atoms with Gasteiger partial charge in [0.1, 0.15) is 6.07 Å². The van der Waals surface area contributed by atoms with Crippen molar-refractivity contribution in [2.24, 2.45) is 0 Å².